The minimum absolute atomic E-state index is 0.0945. The molecule has 6 nitrogen and oxygen atoms in total. The number of hydrogen-bond acceptors (Lipinski definition) is 6. The molecule has 0 aromatic rings. The Morgan fingerprint density at radius 2 is 0.506 bits per heavy atom. The molecule has 6 heteroatoms. The van der Waals surface area contributed by atoms with E-state index in [-0.39, 0.29) is 37.5 Å². The second-order valence-corrected chi connectivity index (χ2v) is 23.4. The first-order valence-electron chi connectivity index (χ1n) is 35.1. The molecule has 0 spiro atoms. The summed E-state index contributed by atoms with van der Waals surface area (Å²) in [7, 11) is 0. The summed E-state index contributed by atoms with van der Waals surface area (Å²) in [5.41, 5.74) is 0. The third kappa shape index (κ3) is 67.3. The van der Waals surface area contributed by atoms with Crippen LogP contribution in [0.4, 0.5) is 0 Å². The number of hydrogen-bond donors (Lipinski definition) is 0. The Morgan fingerprint density at radius 1 is 0.259 bits per heavy atom. The third-order valence-electron chi connectivity index (χ3n) is 15.4. The van der Waals surface area contributed by atoms with Gasteiger partial charge >= 0.3 is 17.9 Å². The summed E-state index contributed by atoms with van der Waals surface area (Å²) in [4.78, 5) is 38.3. The van der Waals surface area contributed by atoms with Crippen LogP contribution in [0, 0.1) is 0 Å². The molecule has 0 aromatic heterocycles. The first-order chi connectivity index (χ1) is 40.0. The Bertz CT molecular complexity index is 1530. The lowest BCUT2D eigenvalue weighted by Crippen LogP contribution is -2.30. The number of carbonyl (C=O) groups is 3. The molecule has 0 aliphatic rings. The van der Waals surface area contributed by atoms with Gasteiger partial charge in [-0.2, -0.15) is 0 Å². The van der Waals surface area contributed by atoms with Crippen LogP contribution in [0.15, 0.2) is 85.1 Å². The molecule has 0 saturated heterocycles. The van der Waals surface area contributed by atoms with E-state index in [1.807, 2.05) is 6.08 Å². The highest BCUT2D eigenvalue weighted by atomic mass is 16.6. The lowest BCUT2D eigenvalue weighted by atomic mass is 10.0. The highest BCUT2D eigenvalue weighted by Gasteiger charge is 2.19. The zero-order valence-corrected chi connectivity index (χ0v) is 53.8. The first kappa shape index (κ1) is 77.6. The van der Waals surface area contributed by atoms with Crippen molar-refractivity contribution in [3.63, 3.8) is 0 Å². The van der Waals surface area contributed by atoms with Gasteiger partial charge in [0.2, 0.25) is 0 Å². The van der Waals surface area contributed by atoms with Gasteiger partial charge in [0.15, 0.2) is 6.10 Å². The van der Waals surface area contributed by atoms with Crippen LogP contribution in [-0.4, -0.2) is 37.2 Å². The summed E-state index contributed by atoms with van der Waals surface area (Å²) in [6, 6.07) is 0. The van der Waals surface area contributed by atoms with Crippen molar-refractivity contribution in [2.24, 2.45) is 0 Å². The van der Waals surface area contributed by atoms with Crippen molar-refractivity contribution in [2.45, 2.75) is 361 Å². The summed E-state index contributed by atoms with van der Waals surface area (Å²) in [6.07, 6.45) is 92.1. The molecular formula is C75H132O6. The van der Waals surface area contributed by atoms with Crippen LogP contribution in [-0.2, 0) is 28.6 Å². The van der Waals surface area contributed by atoms with Gasteiger partial charge in [-0.25, -0.2) is 0 Å². The maximum Gasteiger partial charge on any atom is 0.306 e. The van der Waals surface area contributed by atoms with Crippen LogP contribution in [0.5, 0.6) is 0 Å². The largest absolute Gasteiger partial charge is 0.462 e. The predicted octanol–water partition coefficient (Wildman–Crippen LogP) is 24.2. The Labute approximate surface area is 503 Å². The highest BCUT2D eigenvalue weighted by molar-refractivity contribution is 5.71. The quantitative estimate of drug-likeness (QED) is 0.0261. The molecule has 0 saturated carbocycles. The van der Waals surface area contributed by atoms with E-state index >= 15 is 0 Å². The molecule has 81 heavy (non-hydrogen) atoms. The summed E-state index contributed by atoms with van der Waals surface area (Å²) in [5.74, 6) is -0.961. The molecule has 468 valence electrons. The number of esters is 3. The van der Waals surface area contributed by atoms with Crippen molar-refractivity contribution >= 4 is 17.9 Å². The van der Waals surface area contributed by atoms with E-state index in [1.54, 1.807) is 0 Å². The fraction of sp³-hybridized carbons (Fsp3) is 0.773. The fourth-order valence-electron chi connectivity index (χ4n) is 10.2. The molecule has 0 fully saturated rings. The molecule has 1 atom stereocenters. The molecule has 0 rings (SSSR count). The van der Waals surface area contributed by atoms with Crippen LogP contribution in [0.2, 0.25) is 0 Å². The van der Waals surface area contributed by atoms with Crippen LogP contribution in [0.1, 0.15) is 355 Å². The molecular weight excluding hydrogens is 997 g/mol. The van der Waals surface area contributed by atoms with Gasteiger partial charge in [0.25, 0.3) is 0 Å². The Morgan fingerprint density at radius 3 is 0.827 bits per heavy atom. The van der Waals surface area contributed by atoms with Crippen molar-refractivity contribution in [1.29, 1.82) is 0 Å². The van der Waals surface area contributed by atoms with Gasteiger partial charge in [0.05, 0.1) is 0 Å². The predicted molar refractivity (Wildman–Crippen MR) is 353 cm³/mol. The van der Waals surface area contributed by atoms with Crippen LogP contribution in [0.3, 0.4) is 0 Å². The zero-order chi connectivity index (χ0) is 58.5. The van der Waals surface area contributed by atoms with Gasteiger partial charge in [-0.05, 0) is 83.5 Å². The van der Waals surface area contributed by atoms with Gasteiger partial charge < -0.3 is 14.2 Å². The van der Waals surface area contributed by atoms with E-state index in [4.69, 9.17) is 14.2 Å². The molecule has 0 amide bonds. The Kier molecular flexibility index (Phi) is 66.2. The van der Waals surface area contributed by atoms with Crippen LogP contribution >= 0.6 is 0 Å². The van der Waals surface area contributed by atoms with E-state index in [1.165, 1.54) is 231 Å². The molecule has 0 bridgehead atoms. The standard InChI is InChI=1S/C75H132O6/c1-4-7-10-13-16-19-22-25-27-29-31-32-33-34-35-36-37-38-39-40-41-42-44-45-47-50-53-56-59-62-65-68-74(77)80-71-72(70-79-73(76)67-64-61-58-55-52-49-24-21-18-15-12-9-6-3)81-75(78)69-66-63-60-57-54-51-48-46-43-30-28-26-23-20-17-14-11-8-5-2/h9,12,18,21-22,25,29,31,33-34,49,52,58,61,72H,4-8,10-11,13-17,19-20,23-24,26-28,30,32,35-48,50-51,53-57,59-60,62-71H2,1-3H3/b12-9-,21-18-,25-22-,31-29-,34-33-,52-49-,61-58-. The van der Waals surface area contributed by atoms with Gasteiger partial charge in [-0.1, -0.05) is 337 Å². The fourth-order valence-corrected chi connectivity index (χ4v) is 10.2. The minimum Gasteiger partial charge on any atom is -0.462 e. The third-order valence-corrected chi connectivity index (χ3v) is 15.4. The smallest absolute Gasteiger partial charge is 0.306 e. The summed E-state index contributed by atoms with van der Waals surface area (Å²) in [5, 5.41) is 0. The number of unbranched alkanes of at least 4 members (excludes halogenated alkanes) is 39. The molecule has 0 aliphatic carbocycles. The number of allylic oxidation sites excluding steroid dienone is 14. The second kappa shape index (κ2) is 69.1. The topological polar surface area (TPSA) is 78.9 Å². The monoisotopic (exact) mass is 1130 g/mol. The lowest BCUT2D eigenvalue weighted by Gasteiger charge is -2.18. The van der Waals surface area contributed by atoms with E-state index in [9.17, 15) is 14.4 Å². The Balaban J connectivity index is 4.22. The minimum atomic E-state index is -0.804. The van der Waals surface area contributed by atoms with E-state index < -0.39 is 6.10 Å². The summed E-state index contributed by atoms with van der Waals surface area (Å²) in [6.45, 7) is 6.50. The lowest BCUT2D eigenvalue weighted by molar-refractivity contribution is -0.166. The van der Waals surface area contributed by atoms with Crippen molar-refractivity contribution in [3.8, 4) is 0 Å². The van der Waals surface area contributed by atoms with E-state index in [2.05, 4.69) is 99.8 Å². The zero-order valence-electron chi connectivity index (χ0n) is 53.8. The van der Waals surface area contributed by atoms with Crippen molar-refractivity contribution in [1.82, 2.24) is 0 Å². The van der Waals surface area contributed by atoms with Crippen LogP contribution in [0.25, 0.3) is 0 Å². The number of carbonyl (C=O) groups excluding carboxylic acids is 3. The average molecular weight is 1130 g/mol. The SMILES string of the molecule is CC/C=C\C/C=C\C/C=C\C/C=C\CCC(=O)OCC(COC(=O)CCCCCCCCCCCCCCCCCC/C=C\C/C=C\C/C=C\CCCCCCC)OC(=O)CCCCCCCCCCCCCCCCCCCCC. The number of ether oxygens (including phenoxy) is 3. The molecule has 0 N–H and O–H groups in total. The first-order valence-corrected chi connectivity index (χ1v) is 35.1. The molecule has 0 heterocycles. The Hall–Kier alpha value is -3.41. The maximum absolute atomic E-state index is 12.9. The molecule has 1 unspecified atom stereocenters. The normalized spacial score (nSPS) is 12.6. The van der Waals surface area contributed by atoms with Gasteiger partial charge in [0, 0.05) is 19.3 Å². The van der Waals surface area contributed by atoms with Crippen molar-refractivity contribution in [3.05, 3.63) is 85.1 Å². The van der Waals surface area contributed by atoms with Crippen molar-refractivity contribution < 1.29 is 28.6 Å². The maximum atomic E-state index is 12.9. The second-order valence-electron chi connectivity index (χ2n) is 23.4. The van der Waals surface area contributed by atoms with Gasteiger partial charge in [0.1, 0.15) is 13.2 Å². The molecule has 0 aliphatic heterocycles. The van der Waals surface area contributed by atoms with Gasteiger partial charge in [-0.15, -0.1) is 0 Å². The molecule has 0 radical (unpaired) electrons. The summed E-state index contributed by atoms with van der Waals surface area (Å²) < 4.78 is 16.9. The van der Waals surface area contributed by atoms with E-state index in [0.717, 1.165) is 77.0 Å². The van der Waals surface area contributed by atoms with Crippen molar-refractivity contribution in [2.75, 3.05) is 13.2 Å². The highest BCUT2D eigenvalue weighted by Crippen LogP contribution is 2.18. The van der Waals surface area contributed by atoms with E-state index in [0.29, 0.717) is 19.3 Å². The number of rotatable bonds is 64. The molecule has 0 aromatic carbocycles. The van der Waals surface area contributed by atoms with Gasteiger partial charge in [-0.3, -0.25) is 14.4 Å². The summed E-state index contributed by atoms with van der Waals surface area (Å²) >= 11 is 0. The average Bonchev–Trinajstić information content (AvgIpc) is 3.46. The van der Waals surface area contributed by atoms with Crippen LogP contribution < -0.4 is 0 Å².